The molecule has 2 N–H and O–H groups in total. The topological polar surface area (TPSA) is 68.8 Å². The predicted octanol–water partition coefficient (Wildman–Crippen LogP) is 3.24. The van der Waals surface area contributed by atoms with Crippen LogP contribution in [-0.2, 0) is 4.74 Å². The van der Waals surface area contributed by atoms with E-state index in [9.17, 15) is 4.79 Å². The number of thiocarbonyl (C=S) groups is 1. The summed E-state index contributed by atoms with van der Waals surface area (Å²) in [5, 5.41) is 5.82. The van der Waals surface area contributed by atoms with Gasteiger partial charge in [-0.25, -0.2) is 0 Å². The monoisotopic (exact) mass is 374 g/mol. The van der Waals surface area contributed by atoms with E-state index in [1.165, 1.54) is 0 Å². The van der Waals surface area contributed by atoms with Crippen molar-refractivity contribution in [3.8, 4) is 11.5 Å². The van der Waals surface area contributed by atoms with Crippen LogP contribution in [0.15, 0.2) is 48.5 Å². The van der Waals surface area contributed by atoms with Crippen LogP contribution in [-0.4, -0.2) is 38.0 Å². The van der Waals surface area contributed by atoms with Crippen molar-refractivity contribution >= 4 is 28.9 Å². The molecule has 0 heterocycles. The summed E-state index contributed by atoms with van der Waals surface area (Å²) < 4.78 is 15.8. The van der Waals surface area contributed by atoms with Crippen LogP contribution in [0, 0.1) is 0 Å². The maximum absolute atomic E-state index is 12.2. The zero-order valence-corrected chi connectivity index (χ0v) is 15.6. The molecule has 7 heteroatoms. The van der Waals surface area contributed by atoms with E-state index >= 15 is 0 Å². The molecule has 0 aliphatic rings. The number of methoxy groups -OCH3 is 1. The molecule has 26 heavy (non-hydrogen) atoms. The van der Waals surface area contributed by atoms with Crippen LogP contribution < -0.4 is 20.1 Å². The van der Waals surface area contributed by atoms with E-state index < -0.39 is 0 Å². The van der Waals surface area contributed by atoms with E-state index in [0.717, 1.165) is 11.4 Å². The molecule has 2 aromatic carbocycles. The van der Waals surface area contributed by atoms with Gasteiger partial charge in [-0.05, 0) is 67.7 Å². The van der Waals surface area contributed by atoms with Crippen molar-refractivity contribution in [2.24, 2.45) is 0 Å². The predicted molar refractivity (Wildman–Crippen MR) is 105 cm³/mol. The number of ether oxygens (including phenoxy) is 3. The minimum absolute atomic E-state index is 0.218. The number of hydrogen-bond acceptors (Lipinski definition) is 5. The molecule has 0 bridgehead atoms. The minimum Gasteiger partial charge on any atom is -0.497 e. The Morgan fingerprint density at radius 2 is 1.65 bits per heavy atom. The summed E-state index contributed by atoms with van der Waals surface area (Å²) in [5.41, 5.74) is 1.25. The minimum atomic E-state index is -0.291. The Hall–Kier alpha value is -2.64. The summed E-state index contributed by atoms with van der Waals surface area (Å²) in [6.45, 7) is 3.66. The Balaban J connectivity index is 1.81. The number of anilines is 1. The molecular formula is C19H22N2O4S. The summed E-state index contributed by atoms with van der Waals surface area (Å²) >= 11 is 5.18. The van der Waals surface area contributed by atoms with Crippen molar-refractivity contribution in [1.29, 1.82) is 0 Å². The van der Waals surface area contributed by atoms with Gasteiger partial charge in [0.25, 0.3) is 5.91 Å². The third kappa shape index (κ3) is 6.34. The first kappa shape index (κ1) is 19.7. The maximum atomic E-state index is 12.2. The Bertz CT molecular complexity index is 717. The SMILES string of the molecule is CCOCCOc1ccc(NC(=S)NC(=O)c2ccc(OC)cc2)cc1. The van der Waals surface area contributed by atoms with E-state index in [1.54, 1.807) is 31.4 Å². The number of nitrogens with one attached hydrogen (secondary N) is 2. The average molecular weight is 374 g/mol. The van der Waals surface area contributed by atoms with Gasteiger partial charge >= 0.3 is 0 Å². The van der Waals surface area contributed by atoms with Crippen LogP contribution in [0.25, 0.3) is 0 Å². The van der Waals surface area contributed by atoms with Crippen molar-refractivity contribution in [3.05, 3.63) is 54.1 Å². The highest BCUT2D eigenvalue weighted by Gasteiger charge is 2.08. The summed E-state index contributed by atoms with van der Waals surface area (Å²) in [4.78, 5) is 12.2. The van der Waals surface area contributed by atoms with Crippen LogP contribution in [0.2, 0.25) is 0 Å². The lowest BCUT2D eigenvalue weighted by atomic mass is 10.2. The van der Waals surface area contributed by atoms with Gasteiger partial charge in [-0.1, -0.05) is 0 Å². The zero-order chi connectivity index (χ0) is 18.8. The van der Waals surface area contributed by atoms with Gasteiger partial charge in [-0.3, -0.25) is 10.1 Å². The molecule has 138 valence electrons. The van der Waals surface area contributed by atoms with Crippen molar-refractivity contribution in [1.82, 2.24) is 5.32 Å². The third-order valence-electron chi connectivity index (χ3n) is 3.39. The van der Waals surface area contributed by atoms with Crippen LogP contribution in [0.1, 0.15) is 17.3 Å². The molecule has 6 nitrogen and oxygen atoms in total. The first-order valence-corrected chi connectivity index (χ1v) is 8.60. The van der Waals surface area contributed by atoms with E-state index in [4.69, 9.17) is 26.4 Å². The second-order valence-electron chi connectivity index (χ2n) is 5.21. The van der Waals surface area contributed by atoms with Crippen molar-refractivity contribution in [2.45, 2.75) is 6.92 Å². The number of benzene rings is 2. The second kappa shape index (κ2) is 10.4. The summed E-state index contributed by atoms with van der Waals surface area (Å²) in [5.74, 6) is 1.13. The number of carbonyl (C=O) groups excluding carboxylic acids is 1. The highest BCUT2D eigenvalue weighted by molar-refractivity contribution is 7.80. The Morgan fingerprint density at radius 3 is 2.27 bits per heavy atom. The molecule has 0 spiro atoms. The van der Waals surface area contributed by atoms with Crippen LogP contribution >= 0.6 is 12.2 Å². The molecule has 0 fully saturated rings. The van der Waals surface area contributed by atoms with Gasteiger partial charge < -0.3 is 19.5 Å². The van der Waals surface area contributed by atoms with Crippen LogP contribution in [0.3, 0.4) is 0 Å². The lowest BCUT2D eigenvalue weighted by Crippen LogP contribution is -2.34. The Kier molecular flexibility index (Phi) is 7.85. The number of amides is 1. The number of rotatable bonds is 8. The van der Waals surface area contributed by atoms with Gasteiger partial charge in [0, 0.05) is 17.9 Å². The smallest absolute Gasteiger partial charge is 0.257 e. The third-order valence-corrected chi connectivity index (χ3v) is 3.60. The van der Waals surface area contributed by atoms with Crippen molar-refractivity contribution in [3.63, 3.8) is 0 Å². The van der Waals surface area contributed by atoms with E-state index in [-0.39, 0.29) is 11.0 Å². The molecule has 1 amide bonds. The number of carbonyl (C=O) groups is 1. The molecule has 2 rings (SSSR count). The first-order valence-electron chi connectivity index (χ1n) is 8.19. The largest absolute Gasteiger partial charge is 0.497 e. The lowest BCUT2D eigenvalue weighted by Gasteiger charge is -2.11. The molecular weight excluding hydrogens is 352 g/mol. The zero-order valence-electron chi connectivity index (χ0n) is 14.8. The van der Waals surface area contributed by atoms with Crippen LogP contribution in [0.5, 0.6) is 11.5 Å². The van der Waals surface area contributed by atoms with E-state index in [2.05, 4.69) is 10.6 Å². The fraction of sp³-hybridized carbons (Fsp3) is 0.263. The van der Waals surface area contributed by atoms with Gasteiger partial charge in [0.05, 0.1) is 13.7 Å². The van der Waals surface area contributed by atoms with Crippen molar-refractivity contribution < 1.29 is 19.0 Å². The van der Waals surface area contributed by atoms with Crippen molar-refractivity contribution in [2.75, 3.05) is 32.2 Å². The van der Waals surface area contributed by atoms with Gasteiger partial charge in [-0.2, -0.15) is 0 Å². The summed E-state index contributed by atoms with van der Waals surface area (Å²) in [6.07, 6.45) is 0. The molecule has 0 aliphatic carbocycles. The quantitative estimate of drug-likeness (QED) is 0.546. The molecule has 0 aliphatic heterocycles. The standard InChI is InChI=1S/C19H22N2O4S/c1-3-24-12-13-25-17-10-6-15(7-11-17)20-19(26)21-18(22)14-4-8-16(23-2)9-5-14/h4-11H,3,12-13H2,1-2H3,(H2,20,21,22,26). The fourth-order valence-electron chi connectivity index (χ4n) is 2.08. The average Bonchev–Trinajstić information content (AvgIpc) is 2.66. The van der Waals surface area contributed by atoms with Gasteiger partial charge in [-0.15, -0.1) is 0 Å². The van der Waals surface area contributed by atoms with Gasteiger partial charge in [0.1, 0.15) is 18.1 Å². The van der Waals surface area contributed by atoms with E-state index in [1.807, 2.05) is 31.2 Å². The number of hydrogen-bond donors (Lipinski definition) is 2. The highest BCUT2D eigenvalue weighted by Crippen LogP contribution is 2.16. The Morgan fingerprint density at radius 1 is 1.00 bits per heavy atom. The molecule has 0 saturated carbocycles. The first-order chi connectivity index (χ1) is 12.6. The normalized spacial score (nSPS) is 10.1. The molecule has 0 atom stereocenters. The summed E-state index contributed by atoms with van der Waals surface area (Å²) in [7, 11) is 1.57. The van der Waals surface area contributed by atoms with Gasteiger partial charge in [0.15, 0.2) is 5.11 Å². The molecule has 0 saturated heterocycles. The highest BCUT2D eigenvalue weighted by atomic mass is 32.1. The second-order valence-corrected chi connectivity index (χ2v) is 5.61. The lowest BCUT2D eigenvalue weighted by molar-refractivity contribution is 0.0977. The van der Waals surface area contributed by atoms with E-state index in [0.29, 0.717) is 31.1 Å². The summed E-state index contributed by atoms with van der Waals surface area (Å²) in [6, 6.07) is 14.1. The fourth-order valence-corrected chi connectivity index (χ4v) is 2.29. The molecule has 0 unspecified atom stereocenters. The molecule has 0 aromatic heterocycles. The molecule has 2 aromatic rings. The van der Waals surface area contributed by atoms with Gasteiger partial charge in [0.2, 0.25) is 0 Å². The molecule has 0 radical (unpaired) electrons. The maximum Gasteiger partial charge on any atom is 0.257 e. The van der Waals surface area contributed by atoms with Crippen LogP contribution in [0.4, 0.5) is 5.69 Å². The Labute approximate surface area is 158 Å².